The smallest absolute Gasteiger partial charge is 0.131 e. The molecule has 0 fully saturated rings. The van der Waals surface area contributed by atoms with Crippen LogP contribution in [0, 0.1) is 19.8 Å². The van der Waals surface area contributed by atoms with E-state index in [0.717, 1.165) is 95.9 Å². The van der Waals surface area contributed by atoms with Crippen molar-refractivity contribution < 1.29 is 29.2 Å². The Morgan fingerprint density at radius 3 is 1.06 bits per heavy atom. The van der Waals surface area contributed by atoms with Crippen molar-refractivity contribution in [3.63, 3.8) is 0 Å². The van der Waals surface area contributed by atoms with Gasteiger partial charge in [0.05, 0.1) is 14.2 Å². The van der Waals surface area contributed by atoms with Gasteiger partial charge in [0.1, 0.15) is 46.7 Å². The maximum Gasteiger partial charge on any atom is 0.131 e. The molecule has 4 aliphatic rings. The number of phenols is 2. The van der Waals surface area contributed by atoms with E-state index in [-0.39, 0.29) is 18.1 Å². The van der Waals surface area contributed by atoms with Crippen LogP contribution in [0.5, 0.6) is 34.5 Å². The topological polar surface area (TPSA) is 77.4 Å². The lowest BCUT2D eigenvalue weighted by Crippen LogP contribution is -2.33. The third kappa shape index (κ3) is 8.62. The molecule has 0 saturated carbocycles. The number of hydrogen-bond donors (Lipinski definition) is 2. The van der Waals surface area contributed by atoms with Crippen LogP contribution in [0.25, 0.3) is 44.5 Å². The predicted molar refractivity (Wildman–Crippen MR) is 276 cm³/mol. The zero-order valence-corrected chi connectivity index (χ0v) is 41.5. The molecule has 4 aliphatic carbocycles. The molecule has 0 heterocycles. The van der Waals surface area contributed by atoms with Gasteiger partial charge in [-0.15, -0.1) is 0 Å². The number of ether oxygens (including phenoxy) is 4. The van der Waals surface area contributed by atoms with Crippen molar-refractivity contribution in [1.29, 1.82) is 0 Å². The van der Waals surface area contributed by atoms with Gasteiger partial charge in [0.2, 0.25) is 0 Å². The number of phenolic OH excluding ortho intramolecular Hbond substituents is 2. The van der Waals surface area contributed by atoms with Gasteiger partial charge in [0.15, 0.2) is 0 Å². The fraction of sp³-hybridized carbons (Fsp3) is 0.419. The van der Waals surface area contributed by atoms with E-state index in [1.807, 2.05) is 36.4 Å². The number of benzene rings is 6. The highest BCUT2D eigenvalue weighted by Crippen LogP contribution is 2.51. The molecule has 6 heteroatoms. The molecule has 0 radical (unpaired) electrons. The Bertz CT molecular complexity index is 2620. The molecule has 0 aliphatic heterocycles. The van der Waals surface area contributed by atoms with Crippen LogP contribution in [0.2, 0.25) is 0 Å². The van der Waals surface area contributed by atoms with Crippen molar-refractivity contribution in [3.05, 3.63) is 128 Å². The number of methoxy groups -OCH3 is 2. The van der Waals surface area contributed by atoms with Crippen LogP contribution in [0.4, 0.5) is 0 Å². The van der Waals surface area contributed by atoms with Crippen molar-refractivity contribution in [3.8, 4) is 79.0 Å². The Kier molecular flexibility index (Phi) is 13.0. The highest BCUT2D eigenvalue weighted by Gasteiger charge is 2.30. The summed E-state index contributed by atoms with van der Waals surface area (Å²) < 4.78 is 25.6. The molecular formula is C62H70O6. The van der Waals surface area contributed by atoms with Gasteiger partial charge in [-0.25, -0.2) is 0 Å². The van der Waals surface area contributed by atoms with E-state index < -0.39 is 0 Å². The minimum Gasteiger partial charge on any atom is -0.507 e. The second kappa shape index (κ2) is 19.3. The molecule has 2 atom stereocenters. The van der Waals surface area contributed by atoms with E-state index in [9.17, 15) is 10.2 Å². The number of fused-ring (bicyclic) bond motifs is 4. The van der Waals surface area contributed by atoms with E-state index in [1.165, 1.54) is 107 Å². The van der Waals surface area contributed by atoms with Gasteiger partial charge in [0.25, 0.3) is 0 Å². The fourth-order valence-corrected chi connectivity index (χ4v) is 12.2. The fourth-order valence-electron chi connectivity index (χ4n) is 12.2. The van der Waals surface area contributed by atoms with Gasteiger partial charge in [-0.2, -0.15) is 0 Å². The standard InChI is InChI=1S/C62H70O6/c1-36-28-53(61(63)55(30-36)59-47-20-12-8-16-41(47)32-42-17-9-13-21-48(42)59)51-34-45(65-6)24-26-57(51)67-39(4)38(3)40(5)68-58-27-25-46(66-7)35-52(58)54-29-37(2)31-56(62(54)64)60-49-22-14-10-18-43(49)33-44-19-11-15-23-50(44)60/h24-35,38-40,63-64H,8-23H2,1-7H3. The molecule has 0 spiro atoms. The number of hydrogen-bond acceptors (Lipinski definition) is 6. The van der Waals surface area contributed by atoms with Gasteiger partial charge in [0, 0.05) is 39.3 Å². The summed E-state index contributed by atoms with van der Waals surface area (Å²) in [6.07, 6.45) is 17.6. The van der Waals surface area contributed by atoms with Gasteiger partial charge < -0.3 is 29.2 Å². The summed E-state index contributed by atoms with van der Waals surface area (Å²) in [4.78, 5) is 0. The van der Waals surface area contributed by atoms with Crippen LogP contribution in [0.1, 0.15) is 128 Å². The molecule has 0 aromatic heterocycles. The zero-order valence-electron chi connectivity index (χ0n) is 41.5. The molecule has 0 saturated heterocycles. The molecule has 2 unspecified atom stereocenters. The van der Waals surface area contributed by atoms with E-state index in [0.29, 0.717) is 34.5 Å². The minimum absolute atomic E-state index is 0.0760. The molecular weight excluding hydrogens is 841 g/mol. The first-order valence-corrected chi connectivity index (χ1v) is 25.7. The SMILES string of the molecule is COc1ccc(OC(C)C(C)C(C)Oc2ccc(OC)cc2-c2cc(C)cc(-c3c4c(cc5c3CCCC5)CCCC4)c2O)c(-c2cc(C)cc(-c3c4c(cc5c3CCCC5)CCCC4)c2O)c1. The second-order valence-corrected chi connectivity index (χ2v) is 20.5. The number of aryl methyl sites for hydroxylation is 6. The van der Waals surface area contributed by atoms with Crippen molar-refractivity contribution in [2.24, 2.45) is 5.92 Å². The molecule has 6 nitrogen and oxygen atoms in total. The Labute approximate surface area is 404 Å². The lowest BCUT2D eigenvalue weighted by molar-refractivity contribution is 0.0705. The lowest BCUT2D eigenvalue weighted by Gasteiger charge is -2.30. The Morgan fingerprint density at radius 1 is 0.397 bits per heavy atom. The molecule has 354 valence electrons. The average molecular weight is 911 g/mol. The monoisotopic (exact) mass is 911 g/mol. The van der Waals surface area contributed by atoms with Crippen LogP contribution < -0.4 is 18.9 Å². The highest BCUT2D eigenvalue weighted by atomic mass is 16.5. The van der Waals surface area contributed by atoms with Crippen molar-refractivity contribution in [1.82, 2.24) is 0 Å². The van der Waals surface area contributed by atoms with Crippen LogP contribution in [0.3, 0.4) is 0 Å². The third-order valence-corrected chi connectivity index (χ3v) is 16.1. The summed E-state index contributed by atoms with van der Waals surface area (Å²) in [7, 11) is 3.36. The summed E-state index contributed by atoms with van der Waals surface area (Å²) in [6.45, 7) is 10.6. The van der Waals surface area contributed by atoms with Crippen LogP contribution in [-0.2, 0) is 51.4 Å². The highest BCUT2D eigenvalue weighted by molar-refractivity contribution is 5.90. The molecule has 68 heavy (non-hydrogen) atoms. The van der Waals surface area contributed by atoms with Crippen molar-refractivity contribution >= 4 is 0 Å². The Hall–Kier alpha value is -5.88. The van der Waals surface area contributed by atoms with E-state index in [2.05, 4.69) is 71.0 Å². The first kappa shape index (κ1) is 45.9. The quantitative estimate of drug-likeness (QED) is 0.127. The average Bonchev–Trinajstić information content (AvgIpc) is 3.36. The summed E-state index contributed by atoms with van der Waals surface area (Å²) in [6, 6.07) is 25.3. The van der Waals surface area contributed by atoms with Crippen molar-refractivity contribution in [2.45, 2.75) is 150 Å². The van der Waals surface area contributed by atoms with E-state index >= 15 is 0 Å². The Balaban J connectivity index is 0.974. The van der Waals surface area contributed by atoms with E-state index in [4.69, 9.17) is 18.9 Å². The van der Waals surface area contributed by atoms with E-state index in [1.54, 1.807) is 14.2 Å². The maximum absolute atomic E-state index is 12.5. The van der Waals surface area contributed by atoms with Gasteiger partial charge >= 0.3 is 0 Å². The van der Waals surface area contributed by atoms with Crippen LogP contribution in [-0.4, -0.2) is 36.6 Å². The lowest BCUT2D eigenvalue weighted by atomic mass is 9.76. The van der Waals surface area contributed by atoms with Gasteiger partial charge in [-0.05, 0) is 258 Å². The molecule has 0 bridgehead atoms. The zero-order chi connectivity index (χ0) is 47.2. The first-order chi connectivity index (χ1) is 33.0. The summed E-state index contributed by atoms with van der Waals surface area (Å²) in [5.74, 6) is 3.25. The molecule has 10 rings (SSSR count). The molecule has 6 aromatic rings. The molecule has 6 aromatic carbocycles. The van der Waals surface area contributed by atoms with Gasteiger partial charge in [-0.1, -0.05) is 19.1 Å². The number of aromatic hydroxyl groups is 2. The normalized spacial score (nSPS) is 16.6. The molecule has 2 N–H and O–H groups in total. The largest absolute Gasteiger partial charge is 0.507 e. The maximum atomic E-state index is 12.5. The number of rotatable bonds is 12. The first-order valence-electron chi connectivity index (χ1n) is 25.7. The third-order valence-electron chi connectivity index (χ3n) is 16.1. The second-order valence-electron chi connectivity index (χ2n) is 20.5. The van der Waals surface area contributed by atoms with Crippen LogP contribution >= 0.6 is 0 Å². The summed E-state index contributed by atoms with van der Waals surface area (Å²) in [5, 5.41) is 25.1. The van der Waals surface area contributed by atoms with Crippen molar-refractivity contribution in [2.75, 3.05) is 14.2 Å². The van der Waals surface area contributed by atoms with Gasteiger partial charge in [-0.3, -0.25) is 0 Å². The minimum atomic E-state index is -0.284. The Morgan fingerprint density at radius 2 is 0.721 bits per heavy atom. The predicted octanol–water partition coefficient (Wildman–Crippen LogP) is 14.8. The van der Waals surface area contributed by atoms with Crippen LogP contribution in [0.15, 0.2) is 72.8 Å². The summed E-state index contributed by atoms with van der Waals surface area (Å²) in [5.41, 5.74) is 21.2. The summed E-state index contributed by atoms with van der Waals surface area (Å²) >= 11 is 0. The molecule has 0 amide bonds.